The third-order valence-electron chi connectivity index (χ3n) is 10.1. The molecule has 9 aromatic carbocycles. The van der Waals surface area contributed by atoms with Gasteiger partial charge in [0.15, 0.2) is 0 Å². The molecule has 0 bridgehead atoms. The summed E-state index contributed by atoms with van der Waals surface area (Å²) in [4.78, 5) is 0. The summed E-state index contributed by atoms with van der Waals surface area (Å²) in [5.41, 5.74) is 9.20. The molecule has 10 rings (SSSR count). The van der Waals surface area contributed by atoms with E-state index < -0.39 is 0 Å². The Hall–Kier alpha value is -6.44. The van der Waals surface area contributed by atoms with Crippen molar-refractivity contribution in [3.63, 3.8) is 0 Å². The molecule has 1 heterocycles. The fourth-order valence-electron chi connectivity index (χ4n) is 7.90. The van der Waals surface area contributed by atoms with Crippen LogP contribution < -0.4 is 0 Å². The van der Waals surface area contributed by atoms with Crippen LogP contribution in [0.25, 0.3) is 98.8 Å². The lowest BCUT2D eigenvalue weighted by Crippen LogP contribution is -1.93. The Balaban J connectivity index is 1.37. The third-order valence-corrected chi connectivity index (χ3v) is 10.1. The molecule has 1 aromatic heterocycles. The first-order valence-electron chi connectivity index (χ1n) is 16.9. The minimum Gasteiger partial charge on any atom is -0.455 e. The number of hydrogen-bond acceptors (Lipinski definition) is 1. The molecule has 0 saturated carbocycles. The molecule has 1 nitrogen and oxygen atoms in total. The zero-order chi connectivity index (χ0) is 32.3. The van der Waals surface area contributed by atoms with Gasteiger partial charge in [0.05, 0.1) is 0 Å². The number of furan rings is 1. The molecule has 0 saturated heterocycles. The van der Waals surface area contributed by atoms with Crippen LogP contribution in [0.2, 0.25) is 0 Å². The Bertz CT molecular complexity index is 2810. The molecule has 0 aliphatic rings. The van der Waals surface area contributed by atoms with Crippen molar-refractivity contribution in [2.24, 2.45) is 0 Å². The van der Waals surface area contributed by atoms with Crippen molar-refractivity contribution < 1.29 is 4.42 Å². The second-order valence-electron chi connectivity index (χ2n) is 12.8. The lowest BCUT2D eigenvalue weighted by Gasteiger charge is -2.19. The average molecular weight is 623 g/mol. The Morgan fingerprint density at radius 2 is 0.776 bits per heavy atom. The summed E-state index contributed by atoms with van der Waals surface area (Å²) in [6.45, 7) is 0. The smallest absolute Gasteiger partial charge is 0.144 e. The van der Waals surface area contributed by atoms with Crippen molar-refractivity contribution in [3.8, 4) is 44.7 Å². The van der Waals surface area contributed by atoms with E-state index in [1.165, 1.54) is 70.9 Å². The SMILES string of the molecule is c1ccc(-c2ccccc2-c2c3ccccc3c(-c3oc4cc5ccccc5cc4c3-c3cccc4ccccc34)c3ccccc23)cc1. The van der Waals surface area contributed by atoms with Crippen LogP contribution in [0.4, 0.5) is 0 Å². The van der Waals surface area contributed by atoms with E-state index in [0.717, 1.165) is 27.9 Å². The highest BCUT2D eigenvalue weighted by atomic mass is 16.3. The largest absolute Gasteiger partial charge is 0.455 e. The normalized spacial score (nSPS) is 11.7. The zero-order valence-corrected chi connectivity index (χ0v) is 26.7. The lowest BCUT2D eigenvalue weighted by atomic mass is 9.83. The van der Waals surface area contributed by atoms with Gasteiger partial charge in [-0.1, -0.05) is 170 Å². The molecular formula is C48H30O. The summed E-state index contributed by atoms with van der Waals surface area (Å²) in [6.07, 6.45) is 0. The van der Waals surface area contributed by atoms with Gasteiger partial charge >= 0.3 is 0 Å². The summed E-state index contributed by atoms with van der Waals surface area (Å²) in [7, 11) is 0. The van der Waals surface area contributed by atoms with Gasteiger partial charge in [-0.25, -0.2) is 0 Å². The highest BCUT2D eigenvalue weighted by molar-refractivity contribution is 6.25. The van der Waals surface area contributed by atoms with Crippen LogP contribution in [0.5, 0.6) is 0 Å². The molecule has 0 fully saturated rings. The standard InChI is InChI=1S/C48H30O/c1-2-15-31(16-3-1)35-22-8-9-23-37(35)45-39-24-10-12-26-41(39)46(42-27-13-11-25-40(42)45)48-47(38-28-14-20-32-17-6-7-21-36(32)38)43-29-33-18-4-5-19-34(33)30-44(43)49-48/h1-30H. The Labute approximate surface area is 284 Å². The minimum atomic E-state index is 0.892. The predicted octanol–water partition coefficient (Wildman–Crippen LogP) is 13.7. The van der Waals surface area contributed by atoms with E-state index >= 15 is 0 Å². The van der Waals surface area contributed by atoms with Gasteiger partial charge in [0.25, 0.3) is 0 Å². The van der Waals surface area contributed by atoms with Crippen molar-refractivity contribution in [2.75, 3.05) is 0 Å². The van der Waals surface area contributed by atoms with Gasteiger partial charge in [0.1, 0.15) is 11.3 Å². The van der Waals surface area contributed by atoms with Gasteiger partial charge in [0, 0.05) is 16.5 Å². The number of hydrogen-bond donors (Lipinski definition) is 0. The van der Waals surface area contributed by atoms with Gasteiger partial charge in [-0.3, -0.25) is 0 Å². The first kappa shape index (κ1) is 27.7. The first-order chi connectivity index (χ1) is 24.3. The van der Waals surface area contributed by atoms with Crippen molar-refractivity contribution in [1.29, 1.82) is 0 Å². The third kappa shape index (κ3) is 4.33. The van der Waals surface area contributed by atoms with E-state index in [0.29, 0.717) is 0 Å². The molecule has 0 unspecified atom stereocenters. The van der Waals surface area contributed by atoms with Gasteiger partial charge < -0.3 is 4.42 Å². The van der Waals surface area contributed by atoms with Gasteiger partial charge in [0.2, 0.25) is 0 Å². The molecule has 0 aliphatic carbocycles. The fraction of sp³-hybridized carbons (Fsp3) is 0. The minimum absolute atomic E-state index is 0.892. The van der Waals surface area contributed by atoms with Crippen LogP contribution in [0, 0.1) is 0 Å². The van der Waals surface area contributed by atoms with Gasteiger partial charge in [-0.15, -0.1) is 0 Å². The van der Waals surface area contributed by atoms with E-state index in [2.05, 4.69) is 182 Å². The maximum Gasteiger partial charge on any atom is 0.144 e. The van der Waals surface area contributed by atoms with E-state index in [-0.39, 0.29) is 0 Å². The molecule has 0 radical (unpaired) electrons. The Morgan fingerprint density at radius 3 is 1.47 bits per heavy atom. The van der Waals surface area contributed by atoms with Gasteiger partial charge in [-0.05, 0) is 83.0 Å². The maximum absolute atomic E-state index is 7.15. The number of fused-ring (bicyclic) bond motifs is 5. The molecule has 0 amide bonds. The maximum atomic E-state index is 7.15. The van der Waals surface area contributed by atoms with Crippen molar-refractivity contribution >= 4 is 54.1 Å². The molecule has 0 aliphatic heterocycles. The Morgan fingerprint density at radius 1 is 0.286 bits per heavy atom. The quantitative estimate of drug-likeness (QED) is 0.178. The summed E-state index contributed by atoms with van der Waals surface area (Å²) in [6, 6.07) is 65.6. The van der Waals surface area contributed by atoms with E-state index in [4.69, 9.17) is 4.42 Å². The summed E-state index contributed by atoms with van der Waals surface area (Å²) in [5, 5.41) is 10.7. The highest BCUT2D eigenvalue weighted by Gasteiger charge is 2.25. The molecule has 0 spiro atoms. The van der Waals surface area contributed by atoms with Crippen LogP contribution >= 0.6 is 0 Å². The molecule has 0 N–H and O–H groups in total. The van der Waals surface area contributed by atoms with Crippen LogP contribution in [-0.4, -0.2) is 0 Å². The van der Waals surface area contributed by atoms with E-state index in [9.17, 15) is 0 Å². The molecular weight excluding hydrogens is 593 g/mol. The molecule has 49 heavy (non-hydrogen) atoms. The van der Waals surface area contributed by atoms with Crippen LogP contribution in [-0.2, 0) is 0 Å². The van der Waals surface area contributed by atoms with E-state index in [1.807, 2.05) is 0 Å². The summed E-state index contributed by atoms with van der Waals surface area (Å²) in [5.74, 6) is 0.900. The van der Waals surface area contributed by atoms with E-state index in [1.54, 1.807) is 0 Å². The number of benzene rings is 9. The molecule has 10 aromatic rings. The second-order valence-corrected chi connectivity index (χ2v) is 12.8. The fourth-order valence-corrected chi connectivity index (χ4v) is 7.90. The van der Waals surface area contributed by atoms with Crippen molar-refractivity contribution in [3.05, 3.63) is 182 Å². The number of rotatable bonds is 4. The lowest BCUT2D eigenvalue weighted by molar-refractivity contribution is 0.634. The van der Waals surface area contributed by atoms with Crippen LogP contribution in [0.1, 0.15) is 0 Å². The van der Waals surface area contributed by atoms with Crippen LogP contribution in [0.3, 0.4) is 0 Å². The predicted molar refractivity (Wildman–Crippen MR) is 208 cm³/mol. The van der Waals surface area contributed by atoms with Crippen molar-refractivity contribution in [1.82, 2.24) is 0 Å². The first-order valence-corrected chi connectivity index (χ1v) is 16.9. The topological polar surface area (TPSA) is 13.1 Å². The van der Waals surface area contributed by atoms with Crippen molar-refractivity contribution in [2.45, 2.75) is 0 Å². The molecule has 1 heteroatoms. The summed E-state index contributed by atoms with van der Waals surface area (Å²) >= 11 is 0. The van der Waals surface area contributed by atoms with Crippen LogP contribution in [0.15, 0.2) is 186 Å². The van der Waals surface area contributed by atoms with Gasteiger partial charge in [-0.2, -0.15) is 0 Å². The Kier molecular flexibility index (Phi) is 6.25. The highest BCUT2D eigenvalue weighted by Crippen LogP contribution is 2.51. The second kappa shape index (κ2) is 11.1. The summed E-state index contributed by atoms with van der Waals surface area (Å²) < 4.78 is 7.15. The zero-order valence-electron chi connectivity index (χ0n) is 26.7. The molecule has 228 valence electrons. The monoisotopic (exact) mass is 622 g/mol. The average Bonchev–Trinajstić information content (AvgIpc) is 3.53. The molecule has 0 atom stereocenters.